The molecule has 160 valence electrons. The van der Waals surface area contributed by atoms with E-state index in [9.17, 15) is 4.79 Å². The third kappa shape index (κ3) is 4.78. The lowest BCUT2D eigenvalue weighted by Gasteiger charge is -2.30. The van der Waals surface area contributed by atoms with Crippen molar-refractivity contribution >= 4 is 16.5 Å². The average Bonchev–Trinajstić information content (AvgIpc) is 3.17. The molecule has 0 saturated carbocycles. The molecule has 2 N–H and O–H groups in total. The standard InChI is InChI=1S/C26H30N4O/c1-4-7-20(8-5-2)24-15-22(26(31)29-28-24)25-14-21-13-19(10-11-23(21)27-25)17-30-12-6-9-18(3)16-30/h4-5,7-8,10-11,13-15,18,27H,1,6,9,12,16-17H2,2-3H3,(H,29,31)/b8-5-,20-7+. The van der Waals surface area contributed by atoms with Crippen molar-refractivity contribution in [3.63, 3.8) is 0 Å². The van der Waals surface area contributed by atoms with E-state index in [1.807, 2.05) is 31.2 Å². The van der Waals surface area contributed by atoms with Gasteiger partial charge in [-0.25, -0.2) is 5.10 Å². The van der Waals surface area contributed by atoms with Crippen molar-refractivity contribution in [1.29, 1.82) is 0 Å². The molecular weight excluding hydrogens is 384 g/mol. The van der Waals surface area contributed by atoms with E-state index < -0.39 is 0 Å². The zero-order chi connectivity index (χ0) is 21.8. The first-order valence-electron chi connectivity index (χ1n) is 11.0. The van der Waals surface area contributed by atoms with Crippen molar-refractivity contribution in [3.8, 4) is 11.3 Å². The Morgan fingerprint density at radius 1 is 1.32 bits per heavy atom. The minimum Gasteiger partial charge on any atom is -0.354 e. The van der Waals surface area contributed by atoms with E-state index in [0.717, 1.165) is 34.6 Å². The summed E-state index contributed by atoms with van der Waals surface area (Å²) >= 11 is 0. The lowest BCUT2D eigenvalue weighted by molar-refractivity contribution is 0.176. The van der Waals surface area contributed by atoms with Gasteiger partial charge in [0.1, 0.15) is 0 Å². The molecule has 31 heavy (non-hydrogen) atoms. The fourth-order valence-corrected chi connectivity index (χ4v) is 4.40. The fraction of sp³-hybridized carbons (Fsp3) is 0.308. The molecular formula is C26H30N4O. The van der Waals surface area contributed by atoms with E-state index in [1.54, 1.807) is 6.08 Å². The Balaban J connectivity index is 1.65. The van der Waals surface area contributed by atoms with E-state index in [2.05, 4.69) is 57.8 Å². The number of hydrogen-bond donors (Lipinski definition) is 2. The number of nitrogens with one attached hydrogen (secondary N) is 2. The molecule has 0 radical (unpaired) electrons. The molecule has 1 aliphatic rings. The van der Waals surface area contributed by atoms with Crippen molar-refractivity contribution in [2.75, 3.05) is 13.1 Å². The SMILES string of the molecule is C=C/C=C(\C=C/C)c1cc(-c2cc3cc(CN4CCCC(C)C4)ccc3[nH]2)c(=O)[nH]n1. The zero-order valence-corrected chi connectivity index (χ0v) is 18.3. The second kappa shape index (κ2) is 9.31. The van der Waals surface area contributed by atoms with Gasteiger partial charge in [0.25, 0.3) is 5.56 Å². The third-order valence-electron chi connectivity index (χ3n) is 5.87. The second-order valence-corrected chi connectivity index (χ2v) is 8.44. The highest BCUT2D eigenvalue weighted by molar-refractivity contribution is 5.87. The summed E-state index contributed by atoms with van der Waals surface area (Å²) in [6.07, 6.45) is 10.1. The Hall–Kier alpha value is -3.18. The number of fused-ring (bicyclic) bond motifs is 1. The molecule has 1 saturated heterocycles. The van der Waals surface area contributed by atoms with Gasteiger partial charge in [-0.2, -0.15) is 5.10 Å². The van der Waals surface area contributed by atoms with Gasteiger partial charge in [0.05, 0.1) is 17.0 Å². The fourth-order valence-electron chi connectivity index (χ4n) is 4.40. The molecule has 1 aliphatic heterocycles. The maximum atomic E-state index is 12.5. The molecule has 1 aromatic carbocycles. The summed E-state index contributed by atoms with van der Waals surface area (Å²) in [5.74, 6) is 0.770. The molecule has 1 atom stereocenters. The lowest BCUT2D eigenvalue weighted by atomic mass is 9.99. The predicted molar refractivity (Wildman–Crippen MR) is 129 cm³/mol. The molecule has 0 aliphatic carbocycles. The van der Waals surface area contributed by atoms with Crippen LogP contribution < -0.4 is 5.56 Å². The van der Waals surface area contributed by atoms with E-state index >= 15 is 0 Å². The highest BCUT2D eigenvalue weighted by Crippen LogP contribution is 2.26. The largest absolute Gasteiger partial charge is 0.354 e. The van der Waals surface area contributed by atoms with Crippen molar-refractivity contribution < 1.29 is 0 Å². The molecule has 5 heteroatoms. The summed E-state index contributed by atoms with van der Waals surface area (Å²) in [5, 5.41) is 7.97. The van der Waals surface area contributed by atoms with Crippen molar-refractivity contribution in [1.82, 2.24) is 20.1 Å². The van der Waals surface area contributed by atoms with E-state index in [0.29, 0.717) is 11.3 Å². The maximum absolute atomic E-state index is 12.5. The van der Waals surface area contributed by atoms with E-state index in [4.69, 9.17) is 0 Å². The number of likely N-dealkylation sites (tertiary alicyclic amines) is 1. The molecule has 1 fully saturated rings. The summed E-state index contributed by atoms with van der Waals surface area (Å²) < 4.78 is 0. The Morgan fingerprint density at radius 2 is 2.19 bits per heavy atom. The van der Waals surface area contributed by atoms with Crippen LogP contribution in [0.5, 0.6) is 0 Å². The van der Waals surface area contributed by atoms with Crippen LogP contribution in [0.25, 0.3) is 27.7 Å². The van der Waals surface area contributed by atoms with Crippen LogP contribution in [0.2, 0.25) is 0 Å². The Kier molecular flexibility index (Phi) is 6.33. The van der Waals surface area contributed by atoms with Crippen LogP contribution in [0.4, 0.5) is 0 Å². The van der Waals surface area contributed by atoms with Gasteiger partial charge in [0.15, 0.2) is 0 Å². The molecule has 0 spiro atoms. The smallest absolute Gasteiger partial charge is 0.273 e. The van der Waals surface area contributed by atoms with Crippen molar-refractivity contribution in [2.45, 2.75) is 33.2 Å². The van der Waals surface area contributed by atoms with Gasteiger partial charge in [-0.1, -0.05) is 43.9 Å². The van der Waals surface area contributed by atoms with Gasteiger partial charge in [0, 0.05) is 29.6 Å². The van der Waals surface area contributed by atoms with Gasteiger partial charge in [-0.3, -0.25) is 9.69 Å². The lowest BCUT2D eigenvalue weighted by Crippen LogP contribution is -2.33. The minimum absolute atomic E-state index is 0.212. The number of hydrogen-bond acceptors (Lipinski definition) is 3. The van der Waals surface area contributed by atoms with Gasteiger partial charge < -0.3 is 4.98 Å². The first-order valence-corrected chi connectivity index (χ1v) is 11.0. The minimum atomic E-state index is -0.212. The average molecular weight is 415 g/mol. The number of H-pyrrole nitrogens is 2. The predicted octanol–water partition coefficient (Wildman–Crippen LogP) is 5.30. The normalized spacial score (nSPS) is 18.1. The molecule has 4 rings (SSSR count). The number of nitrogens with zero attached hydrogens (tertiary/aromatic N) is 2. The molecule has 5 nitrogen and oxygen atoms in total. The summed E-state index contributed by atoms with van der Waals surface area (Å²) in [4.78, 5) is 18.5. The first kappa shape index (κ1) is 21.1. The molecule has 0 amide bonds. The number of aromatic nitrogens is 3. The van der Waals surface area contributed by atoms with Crippen LogP contribution in [0.1, 0.15) is 37.9 Å². The van der Waals surface area contributed by atoms with Crippen LogP contribution in [-0.4, -0.2) is 33.2 Å². The van der Waals surface area contributed by atoms with E-state index in [1.165, 1.54) is 31.5 Å². The highest BCUT2D eigenvalue weighted by atomic mass is 16.1. The molecule has 3 heterocycles. The quantitative estimate of drug-likeness (QED) is 0.538. The summed E-state index contributed by atoms with van der Waals surface area (Å²) in [5.41, 5.74) is 5.08. The number of benzene rings is 1. The zero-order valence-electron chi connectivity index (χ0n) is 18.3. The molecule has 3 aromatic rings. The van der Waals surface area contributed by atoms with Gasteiger partial charge in [0.2, 0.25) is 0 Å². The Bertz CT molecular complexity index is 1200. The highest BCUT2D eigenvalue weighted by Gasteiger charge is 2.17. The van der Waals surface area contributed by atoms with Crippen LogP contribution in [0.15, 0.2) is 66.0 Å². The van der Waals surface area contributed by atoms with Crippen LogP contribution in [-0.2, 0) is 6.54 Å². The first-order chi connectivity index (χ1) is 15.1. The molecule has 0 bridgehead atoms. The van der Waals surface area contributed by atoms with Crippen molar-refractivity contribution in [2.24, 2.45) is 5.92 Å². The van der Waals surface area contributed by atoms with Crippen LogP contribution in [0, 0.1) is 5.92 Å². The van der Waals surface area contributed by atoms with Gasteiger partial charge >= 0.3 is 0 Å². The Labute approximate surface area is 183 Å². The van der Waals surface area contributed by atoms with Crippen molar-refractivity contribution in [3.05, 3.63) is 82.8 Å². The van der Waals surface area contributed by atoms with Crippen LogP contribution in [0.3, 0.4) is 0 Å². The molecule has 2 aromatic heterocycles. The number of aromatic amines is 2. The Morgan fingerprint density at radius 3 is 2.97 bits per heavy atom. The summed E-state index contributed by atoms with van der Waals surface area (Å²) in [7, 11) is 0. The van der Waals surface area contributed by atoms with E-state index in [-0.39, 0.29) is 5.56 Å². The third-order valence-corrected chi connectivity index (χ3v) is 5.87. The second-order valence-electron chi connectivity index (χ2n) is 8.44. The van der Waals surface area contributed by atoms with Crippen LogP contribution >= 0.6 is 0 Å². The summed E-state index contributed by atoms with van der Waals surface area (Å²) in [6, 6.07) is 10.4. The number of rotatable bonds is 6. The monoisotopic (exact) mass is 414 g/mol. The topological polar surface area (TPSA) is 64.8 Å². The summed E-state index contributed by atoms with van der Waals surface area (Å²) in [6.45, 7) is 11.4. The van der Waals surface area contributed by atoms with Gasteiger partial charge in [-0.05, 0) is 62.1 Å². The number of piperidine rings is 1. The maximum Gasteiger partial charge on any atom is 0.273 e. The van der Waals surface area contributed by atoms with Gasteiger partial charge in [-0.15, -0.1) is 0 Å². The number of allylic oxidation sites excluding steroid dienone is 5. The molecule has 1 unspecified atom stereocenters.